The standard InChI is InChI=1S/C25H28N4O2/c1-17(19-12-11-18-8-5-6-9-20(18)14-19)27-24-26-15-21-10-7-13-29(22(21)28-24)16-25(2,3)23(30)31-4/h5-12,14-15,17H,13,16H2,1-4H3,(H,26,27,28)/t17-/m0/s1. The smallest absolute Gasteiger partial charge is 0.313 e. The number of benzene rings is 2. The molecule has 0 saturated heterocycles. The molecule has 1 aromatic heterocycles. The lowest BCUT2D eigenvalue weighted by Crippen LogP contribution is -2.41. The molecule has 1 N–H and O–H groups in total. The number of nitrogens with zero attached hydrogens (tertiary/aromatic N) is 3. The topological polar surface area (TPSA) is 67.3 Å². The number of carbonyl (C=O) groups excluding carboxylic acids is 1. The Morgan fingerprint density at radius 1 is 1.23 bits per heavy atom. The second-order valence-corrected chi connectivity index (χ2v) is 8.60. The molecule has 2 heterocycles. The van der Waals surface area contributed by atoms with Crippen LogP contribution in [0.25, 0.3) is 16.8 Å². The third kappa shape index (κ3) is 4.38. The lowest BCUT2D eigenvalue weighted by molar-refractivity contribution is -0.150. The molecule has 31 heavy (non-hydrogen) atoms. The van der Waals surface area contributed by atoms with Gasteiger partial charge in [0.1, 0.15) is 5.82 Å². The van der Waals surface area contributed by atoms with Crippen molar-refractivity contribution >= 4 is 34.6 Å². The van der Waals surface area contributed by atoms with Gasteiger partial charge < -0.3 is 15.0 Å². The fraction of sp³-hybridized carbons (Fsp3) is 0.320. The molecule has 4 rings (SSSR count). The van der Waals surface area contributed by atoms with E-state index >= 15 is 0 Å². The van der Waals surface area contributed by atoms with E-state index in [-0.39, 0.29) is 12.0 Å². The van der Waals surface area contributed by atoms with Crippen molar-refractivity contribution in [2.75, 3.05) is 30.4 Å². The number of esters is 1. The van der Waals surface area contributed by atoms with E-state index in [0.717, 1.165) is 11.4 Å². The fourth-order valence-electron chi connectivity index (χ4n) is 3.93. The molecule has 2 aromatic carbocycles. The zero-order chi connectivity index (χ0) is 22.0. The van der Waals surface area contributed by atoms with E-state index in [1.165, 1.54) is 23.4 Å². The molecular formula is C25H28N4O2. The van der Waals surface area contributed by atoms with Gasteiger partial charge in [-0.2, -0.15) is 4.98 Å². The van der Waals surface area contributed by atoms with Gasteiger partial charge in [-0.3, -0.25) is 4.79 Å². The van der Waals surface area contributed by atoms with Crippen LogP contribution in [-0.4, -0.2) is 36.1 Å². The Balaban J connectivity index is 1.56. The normalized spacial score (nSPS) is 14.3. The van der Waals surface area contributed by atoms with Gasteiger partial charge in [-0.1, -0.05) is 48.6 Å². The van der Waals surface area contributed by atoms with E-state index in [1.807, 2.05) is 32.2 Å². The minimum absolute atomic E-state index is 0.0433. The number of methoxy groups -OCH3 is 1. The Hall–Kier alpha value is -3.41. The van der Waals surface area contributed by atoms with Gasteiger partial charge >= 0.3 is 5.97 Å². The maximum Gasteiger partial charge on any atom is 0.313 e. The number of hydrogen-bond acceptors (Lipinski definition) is 6. The number of fused-ring (bicyclic) bond motifs is 2. The first-order valence-corrected chi connectivity index (χ1v) is 10.5. The van der Waals surface area contributed by atoms with Gasteiger partial charge in [-0.25, -0.2) is 4.98 Å². The Morgan fingerprint density at radius 2 is 2.00 bits per heavy atom. The Labute approximate surface area is 183 Å². The third-order valence-corrected chi connectivity index (χ3v) is 5.66. The molecule has 0 saturated carbocycles. The molecule has 0 amide bonds. The molecular weight excluding hydrogens is 388 g/mol. The number of anilines is 2. The zero-order valence-corrected chi connectivity index (χ0v) is 18.4. The lowest BCUT2D eigenvalue weighted by atomic mass is 9.92. The van der Waals surface area contributed by atoms with Gasteiger partial charge in [0, 0.05) is 24.8 Å². The number of carbonyl (C=O) groups is 1. The molecule has 6 nitrogen and oxygen atoms in total. The molecule has 0 fully saturated rings. The van der Waals surface area contributed by atoms with Crippen molar-refractivity contribution < 1.29 is 9.53 Å². The molecule has 1 aliphatic rings. The molecule has 0 unspecified atom stereocenters. The summed E-state index contributed by atoms with van der Waals surface area (Å²) in [7, 11) is 1.42. The van der Waals surface area contributed by atoms with Crippen LogP contribution in [-0.2, 0) is 9.53 Å². The number of nitrogens with one attached hydrogen (secondary N) is 1. The van der Waals surface area contributed by atoms with Crippen molar-refractivity contribution in [3.05, 3.63) is 65.9 Å². The number of ether oxygens (including phenoxy) is 1. The molecule has 0 bridgehead atoms. The predicted molar refractivity (Wildman–Crippen MR) is 125 cm³/mol. The molecule has 1 atom stereocenters. The quantitative estimate of drug-likeness (QED) is 0.580. The highest BCUT2D eigenvalue weighted by atomic mass is 16.5. The maximum absolute atomic E-state index is 12.2. The average molecular weight is 417 g/mol. The van der Waals surface area contributed by atoms with E-state index in [0.29, 0.717) is 19.0 Å². The van der Waals surface area contributed by atoms with Crippen molar-refractivity contribution in [3.8, 4) is 0 Å². The van der Waals surface area contributed by atoms with E-state index in [2.05, 4.69) is 64.6 Å². The molecule has 0 spiro atoms. The molecule has 3 aromatic rings. The van der Waals surface area contributed by atoms with Gasteiger partial charge in [-0.15, -0.1) is 0 Å². The SMILES string of the molecule is COC(=O)C(C)(C)CN1CC=Cc2cnc(N[C@@H](C)c3ccc4ccccc4c3)nc21. The van der Waals surface area contributed by atoms with Crippen molar-refractivity contribution in [2.45, 2.75) is 26.8 Å². The second-order valence-electron chi connectivity index (χ2n) is 8.60. The minimum atomic E-state index is -0.645. The highest BCUT2D eigenvalue weighted by Gasteiger charge is 2.32. The van der Waals surface area contributed by atoms with Crippen molar-refractivity contribution in [1.82, 2.24) is 9.97 Å². The average Bonchev–Trinajstić information content (AvgIpc) is 2.78. The van der Waals surface area contributed by atoms with Crippen LogP contribution in [0.4, 0.5) is 11.8 Å². The van der Waals surface area contributed by atoms with Crippen LogP contribution >= 0.6 is 0 Å². The van der Waals surface area contributed by atoms with Crippen molar-refractivity contribution in [3.63, 3.8) is 0 Å². The van der Waals surface area contributed by atoms with Crippen molar-refractivity contribution in [1.29, 1.82) is 0 Å². The highest BCUT2D eigenvalue weighted by molar-refractivity contribution is 5.83. The van der Waals surface area contributed by atoms with Gasteiger partial charge in [0.2, 0.25) is 5.95 Å². The second kappa shape index (κ2) is 8.38. The first kappa shape index (κ1) is 20.8. The minimum Gasteiger partial charge on any atom is -0.469 e. The maximum atomic E-state index is 12.2. The van der Waals surface area contributed by atoms with Crippen LogP contribution in [0.2, 0.25) is 0 Å². The molecule has 1 aliphatic heterocycles. The lowest BCUT2D eigenvalue weighted by Gasteiger charge is -2.33. The highest BCUT2D eigenvalue weighted by Crippen LogP contribution is 2.30. The van der Waals surface area contributed by atoms with Crippen LogP contribution in [0.1, 0.15) is 37.9 Å². The Morgan fingerprint density at radius 3 is 2.77 bits per heavy atom. The molecule has 0 radical (unpaired) electrons. The number of aromatic nitrogens is 2. The summed E-state index contributed by atoms with van der Waals surface area (Å²) < 4.78 is 4.97. The number of hydrogen-bond donors (Lipinski definition) is 1. The van der Waals surface area contributed by atoms with Gasteiger partial charge in [-0.05, 0) is 43.2 Å². The Bertz CT molecular complexity index is 1140. The summed E-state index contributed by atoms with van der Waals surface area (Å²) in [6, 6.07) is 14.8. The van der Waals surface area contributed by atoms with Crippen LogP contribution in [0.3, 0.4) is 0 Å². The van der Waals surface area contributed by atoms with Crippen LogP contribution < -0.4 is 10.2 Å². The predicted octanol–water partition coefficient (Wildman–Crippen LogP) is 4.84. The van der Waals surface area contributed by atoms with Crippen LogP contribution in [0.5, 0.6) is 0 Å². The van der Waals surface area contributed by atoms with E-state index in [4.69, 9.17) is 9.72 Å². The zero-order valence-electron chi connectivity index (χ0n) is 18.4. The summed E-state index contributed by atoms with van der Waals surface area (Å²) in [6.07, 6.45) is 5.91. The van der Waals surface area contributed by atoms with Gasteiger partial charge in [0.25, 0.3) is 0 Å². The summed E-state index contributed by atoms with van der Waals surface area (Å²) in [5.41, 5.74) is 1.47. The van der Waals surface area contributed by atoms with Gasteiger partial charge in [0.15, 0.2) is 0 Å². The van der Waals surface area contributed by atoms with Crippen LogP contribution in [0, 0.1) is 5.41 Å². The van der Waals surface area contributed by atoms with E-state index in [9.17, 15) is 4.79 Å². The summed E-state index contributed by atoms with van der Waals surface area (Å²) >= 11 is 0. The summed E-state index contributed by atoms with van der Waals surface area (Å²) in [5, 5.41) is 5.86. The van der Waals surface area contributed by atoms with Gasteiger partial charge in [0.05, 0.1) is 18.6 Å². The third-order valence-electron chi connectivity index (χ3n) is 5.66. The number of rotatable bonds is 6. The Kier molecular flexibility index (Phi) is 5.63. The first-order valence-electron chi connectivity index (χ1n) is 10.5. The first-order chi connectivity index (χ1) is 14.9. The van der Waals surface area contributed by atoms with Crippen LogP contribution in [0.15, 0.2) is 54.7 Å². The summed E-state index contributed by atoms with van der Waals surface area (Å²) in [6.45, 7) is 7.07. The molecule has 6 heteroatoms. The molecule has 160 valence electrons. The summed E-state index contributed by atoms with van der Waals surface area (Å²) in [5.74, 6) is 1.15. The van der Waals surface area contributed by atoms with E-state index < -0.39 is 5.41 Å². The monoisotopic (exact) mass is 416 g/mol. The molecule has 0 aliphatic carbocycles. The fourth-order valence-corrected chi connectivity index (χ4v) is 3.93. The van der Waals surface area contributed by atoms with E-state index in [1.54, 1.807) is 0 Å². The largest absolute Gasteiger partial charge is 0.469 e. The summed E-state index contributed by atoms with van der Waals surface area (Å²) in [4.78, 5) is 23.6. The van der Waals surface area contributed by atoms with Crippen molar-refractivity contribution in [2.24, 2.45) is 5.41 Å².